The molecule has 0 radical (unpaired) electrons. The molecule has 0 saturated carbocycles. The van der Waals surface area contributed by atoms with E-state index in [0.717, 1.165) is 25.2 Å². The Labute approximate surface area is 164 Å². The molecule has 0 bridgehead atoms. The highest BCUT2D eigenvalue weighted by atomic mass is 19.4. The number of hydrogen-bond donors (Lipinski definition) is 1. The molecular weight excluding hydrogens is 385 g/mol. The Kier molecular flexibility index (Phi) is 4.77. The summed E-state index contributed by atoms with van der Waals surface area (Å²) >= 11 is 0. The van der Waals surface area contributed by atoms with Crippen molar-refractivity contribution >= 4 is 12.1 Å². The van der Waals surface area contributed by atoms with Gasteiger partial charge in [-0.3, -0.25) is 14.6 Å². The first kappa shape index (κ1) is 19.4. The largest absolute Gasteiger partial charge is 0.416 e. The van der Waals surface area contributed by atoms with Gasteiger partial charge in [-0.1, -0.05) is 0 Å². The highest BCUT2D eigenvalue weighted by Gasteiger charge is 2.33. The van der Waals surface area contributed by atoms with E-state index in [4.69, 9.17) is 0 Å². The van der Waals surface area contributed by atoms with Crippen LogP contribution in [0, 0.1) is 0 Å². The van der Waals surface area contributed by atoms with E-state index in [-0.39, 0.29) is 29.1 Å². The summed E-state index contributed by atoms with van der Waals surface area (Å²) in [5, 5.41) is 0. The van der Waals surface area contributed by atoms with Gasteiger partial charge in [0.2, 0.25) is 0 Å². The molecule has 1 N–H and O–H groups in total. The lowest BCUT2D eigenvalue weighted by atomic mass is 9.94. The topological polar surface area (TPSA) is 68.8 Å². The molecule has 0 aliphatic carbocycles. The molecule has 4 rings (SSSR count). The molecule has 0 atom stereocenters. The standard InChI is InChI=1S/C20H19F3N4O2/c1-26-2-4-27(5-3-26)19(29)13-7-16(18(28)25-10-13)15-8-14(20(21,22)23)6-12-9-24-11-17(12)15/h6-8,10-11H,2-5,9H2,1H3,(H,25,28). The number of alkyl halides is 3. The summed E-state index contributed by atoms with van der Waals surface area (Å²) < 4.78 is 40.0. The van der Waals surface area contributed by atoms with Crippen LogP contribution in [0.25, 0.3) is 11.1 Å². The average molecular weight is 404 g/mol. The Bertz CT molecular complexity index is 1050. The van der Waals surface area contributed by atoms with Gasteiger partial charge in [0.15, 0.2) is 0 Å². The van der Waals surface area contributed by atoms with E-state index in [9.17, 15) is 22.8 Å². The van der Waals surface area contributed by atoms with Gasteiger partial charge in [-0.25, -0.2) is 0 Å². The van der Waals surface area contributed by atoms with Crippen LogP contribution in [-0.2, 0) is 12.7 Å². The highest BCUT2D eigenvalue weighted by Crippen LogP contribution is 2.36. The van der Waals surface area contributed by atoms with Crippen molar-refractivity contribution in [2.45, 2.75) is 12.7 Å². The van der Waals surface area contributed by atoms with Gasteiger partial charge in [-0.05, 0) is 36.4 Å². The van der Waals surface area contributed by atoms with E-state index < -0.39 is 17.3 Å². The zero-order valence-corrected chi connectivity index (χ0v) is 15.7. The lowest BCUT2D eigenvalue weighted by molar-refractivity contribution is -0.137. The van der Waals surface area contributed by atoms with Crippen LogP contribution in [0.2, 0.25) is 0 Å². The molecule has 1 saturated heterocycles. The van der Waals surface area contributed by atoms with Gasteiger partial charge in [0, 0.05) is 49.7 Å². The predicted octanol–water partition coefficient (Wildman–Crippen LogP) is 2.38. The third-order valence-electron chi connectivity index (χ3n) is 5.31. The number of halogens is 3. The number of hydrogen-bond acceptors (Lipinski definition) is 4. The normalized spacial score (nSPS) is 16.9. The lowest BCUT2D eigenvalue weighted by Gasteiger charge is -2.32. The van der Waals surface area contributed by atoms with E-state index in [1.54, 1.807) is 4.90 Å². The smallest absolute Gasteiger partial charge is 0.336 e. The van der Waals surface area contributed by atoms with E-state index in [0.29, 0.717) is 24.2 Å². The van der Waals surface area contributed by atoms with Crippen molar-refractivity contribution in [3.63, 3.8) is 0 Å². The van der Waals surface area contributed by atoms with Crippen molar-refractivity contribution in [3.05, 3.63) is 57.0 Å². The Morgan fingerprint density at radius 1 is 1.10 bits per heavy atom. The molecule has 2 aromatic rings. The number of carbonyl (C=O) groups excluding carboxylic acids is 1. The lowest BCUT2D eigenvalue weighted by Crippen LogP contribution is -2.47. The molecule has 1 amide bonds. The fourth-order valence-corrected chi connectivity index (χ4v) is 3.62. The molecule has 9 heteroatoms. The van der Waals surface area contributed by atoms with Gasteiger partial charge < -0.3 is 14.8 Å². The summed E-state index contributed by atoms with van der Waals surface area (Å²) in [6.07, 6.45) is -1.76. The van der Waals surface area contributed by atoms with E-state index in [1.807, 2.05) is 7.05 Å². The van der Waals surface area contributed by atoms with Crippen LogP contribution in [0.15, 0.2) is 34.2 Å². The molecule has 2 aliphatic heterocycles. The van der Waals surface area contributed by atoms with E-state index in [1.165, 1.54) is 18.5 Å². The highest BCUT2D eigenvalue weighted by molar-refractivity contribution is 5.98. The van der Waals surface area contributed by atoms with Crippen LogP contribution < -0.4 is 5.56 Å². The van der Waals surface area contributed by atoms with Crippen LogP contribution in [0.1, 0.15) is 27.0 Å². The number of fused-ring (bicyclic) bond motifs is 1. The minimum atomic E-state index is -4.55. The first-order chi connectivity index (χ1) is 13.7. The van der Waals surface area contributed by atoms with Crippen molar-refractivity contribution in [3.8, 4) is 11.1 Å². The summed E-state index contributed by atoms with van der Waals surface area (Å²) in [5.74, 6) is -0.257. The van der Waals surface area contributed by atoms with Gasteiger partial charge >= 0.3 is 6.18 Å². The number of piperazine rings is 1. The van der Waals surface area contributed by atoms with Gasteiger partial charge in [-0.2, -0.15) is 13.2 Å². The maximum Gasteiger partial charge on any atom is 0.416 e. The third kappa shape index (κ3) is 3.69. The molecular formula is C20H19F3N4O2. The molecule has 2 aliphatic rings. The van der Waals surface area contributed by atoms with Crippen molar-refractivity contribution in [2.24, 2.45) is 4.99 Å². The summed E-state index contributed by atoms with van der Waals surface area (Å²) in [7, 11) is 1.97. The maximum atomic E-state index is 13.3. The van der Waals surface area contributed by atoms with Crippen molar-refractivity contribution in [1.82, 2.24) is 14.8 Å². The molecule has 0 unspecified atom stereocenters. The van der Waals surface area contributed by atoms with Gasteiger partial charge in [0.25, 0.3) is 11.5 Å². The number of nitrogens with zero attached hydrogens (tertiary/aromatic N) is 3. The first-order valence-electron chi connectivity index (χ1n) is 9.19. The van der Waals surface area contributed by atoms with E-state index >= 15 is 0 Å². The van der Waals surface area contributed by atoms with Gasteiger partial charge in [0.05, 0.1) is 17.7 Å². The predicted molar refractivity (Wildman–Crippen MR) is 102 cm³/mol. The zero-order valence-electron chi connectivity index (χ0n) is 15.7. The number of carbonyl (C=O) groups is 1. The number of likely N-dealkylation sites (N-methyl/N-ethyl adjacent to an activating group) is 1. The Morgan fingerprint density at radius 3 is 2.52 bits per heavy atom. The van der Waals surface area contributed by atoms with Crippen molar-refractivity contribution in [2.75, 3.05) is 33.2 Å². The number of aromatic amines is 1. The molecule has 0 spiro atoms. The molecule has 1 aromatic heterocycles. The Morgan fingerprint density at radius 2 is 1.83 bits per heavy atom. The Balaban J connectivity index is 1.78. The monoisotopic (exact) mass is 404 g/mol. The van der Waals surface area contributed by atoms with Crippen LogP contribution in [0.5, 0.6) is 0 Å². The second kappa shape index (κ2) is 7.14. The summed E-state index contributed by atoms with van der Waals surface area (Å²) in [6.45, 7) is 2.70. The summed E-state index contributed by atoms with van der Waals surface area (Å²) in [5.41, 5.74) is -0.109. The molecule has 1 aromatic carbocycles. The molecule has 152 valence electrons. The number of aromatic nitrogens is 1. The Hall–Kier alpha value is -2.94. The zero-order chi connectivity index (χ0) is 20.8. The SMILES string of the molecule is CN1CCN(C(=O)c2c[nH]c(=O)c(-c3cc(C(F)(F)F)cc4c3C=NC4)c2)CC1. The number of benzene rings is 1. The summed E-state index contributed by atoms with van der Waals surface area (Å²) in [6, 6.07) is 3.38. The van der Waals surface area contributed by atoms with Crippen LogP contribution in [0.3, 0.4) is 0 Å². The minimum Gasteiger partial charge on any atom is -0.336 e. The third-order valence-corrected chi connectivity index (χ3v) is 5.31. The number of nitrogens with one attached hydrogen (secondary N) is 1. The number of amides is 1. The minimum absolute atomic E-state index is 0.0284. The maximum absolute atomic E-state index is 13.3. The van der Waals surface area contributed by atoms with Gasteiger partial charge in [0.1, 0.15) is 0 Å². The molecule has 6 nitrogen and oxygen atoms in total. The van der Waals surface area contributed by atoms with Crippen LogP contribution in [-0.4, -0.2) is 60.1 Å². The number of aliphatic imine (C=N–C) groups is 1. The van der Waals surface area contributed by atoms with Crippen molar-refractivity contribution in [1.29, 1.82) is 0 Å². The first-order valence-corrected chi connectivity index (χ1v) is 9.19. The van der Waals surface area contributed by atoms with Crippen LogP contribution in [0.4, 0.5) is 13.2 Å². The molecule has 3 heterocycles. The molecule has 1 fully saturated rings. The number of rotatable bonds is 2. The second-order valence-electron chi connectivity index (χ2n) is 7.29. The van der Waals surface area contributed by atoms with Gasteiger partial charge in [-0.15, -0.1) is 0 Å². The second-order valence-corrected chi connectivity index (χ2v) is 7.29. The number of H-pyrrole nitrogens is 1. The van der Waals surface area contributed by atoms with Crippen LogP contribution >= 0.6 is 0 Å². The average Bonchev–Trinajstić information content (AvgIpc) is 3.16. The quantitative estimate of drug-likeness (QED) is 0.836. The van der Waals surface area contributed by atoms with E-state index in [2.05, 4.69) is 14.9 Å². The summed E-state index contributed by atoms with van der Waals surface area (Å²) in [4.78, 5) is 35.6. The fraction of sp³-hybridized carbons (Fsp3) is 0.350. The van der Waals surface area contributed by atoms with Crippen molar-refractivity contribution < 1.29 is 18.0 Å². The number of pyridine rings is 1. The molecule has 29 heavy (non-hydrogen) atoms. The fourth-order valence-electron chi connectivity index (χ4n) is 3.62.